The fraction of sp³-hybridized carbons (Fsp3) is 0.588. The SMILES string of the molecule is Cc1cc(C(C)(C)C)[n+](-c2nn(C)c(=S)s2)c(C(C)(C)C)c1. The summed E-state index contributed by atoms with van der Waals surface area (Å²) in [5.74, 6) is 0. The van der Waals surface area contributed by atoms with Crippen molar-refractivity contribution in [2.75, 3.05) is 0 Å². The van der Waals surface area contributed by atoms with E-state index in [1.165, 1.54) is 17.0 Å². The molecule has 0 N–H and O–H groups in total. The van der Waals surface area contributed by atoms with Crippen LogP contribution in [-0.4, -0.2) is 9.78 Å². The van der Waals surface area contributed by atoms with Gasteiger partial charge in [0.1, 0.15) is 11.4 Å². The van der Waals surface area contributed by atoms with Crippen molar-refractivity contribution in [1.29, 1.82) is 0 Å². The van der Waals surface area contributed by atoms with Crippen molar-refractivity contribution >= 4 is 23.6 Å². The van der Waals surface area contributed by atoms with Crippen molar-refractivity contribution in [2.45, 2.75) is 59.3 Å². The van der Waals surface area contributed by atoms with E-state index in [0.717, 1.165) is 9.09 Å². The fourth-order valence-corrected chi connectivity index (χ4v) is 3.51. The number of aromatic nitrogens is 3. The van der Waals surface area contributed by atoms with Gasteiger partial charge in [0.25, 0.3) is 0 Å². The summed E-state index contributed by atoms with van der Waals surface area (Å²) in [5, 5.41) is 5.60. The Labute approximate surface area is 142 Å². The third-order valence-corrected chi connectivity index (χ3v) is 5.02. The first-order valence-electron chi connectivity index (χ1n) is 7.53. The lowest BCUT2D eigenvalue weighted by atomic mass is 9.86. The van der Waals surface area contributed by atoms with Crippen molar-refractivity contribution in [1.82, 2.24) is 9.78 Å². The van der Waals surface area contributed by atoms with Crippen LogP contribution >= 0.6 is 23.6 Å². The maximum atomic E-state index is 5.38. The van der Waals surface area contributed by atoms with E-state index in [9.17, 15) is 0 Å². The Morgan fingerprint density at radius 1 is 1.05 bits per heavy atom. The molecule has 3 nitrogen and oxygen atoms in total. The van der Waals surface area contributed by atoms with E-state index >= 15 is 0 Å². The largest absolute Gasteiger partial charge is 0.414 e. The summed E-state index contributed by atoms with van der Waals surface area (Å²) in [6.07, 6.45) is 0. The molecule has 0 bridgehead atoms. The molecule has 2 aromatic rings. The average molecular weight is 337 g/mol. The van der Waals surface area contributed by atoms with Crippen LogP contribution in [0.2, 0.25) is 0 Å². The van der Waals surface area contributed by atoms with E-state index < -0.39 is 0 Å². The van der Waals surface area contributed by atoms with Gasteiger partial charge in [-0.15, -0.1) is 0 Å². The van der Waals surface area contributed by atoms with Gasteiger partial charge < -0.3 is 0 Å². The van der Waals surface area contributed by atoms with E-state index in [-0.39, 0.29) is 10.8 Å². The Balaban J connectivity index is 2.92. The molecule has 5 heteroatoms. The second kappa shape index (κ2) is 5.53. The zero-order chi connectivity index (χ0) is 16.9. The molecule has 0 saturated heterocycles. The first-order chi connectivity index (χ1) is 9.91. The van der Waals surface area contributed by atoms with Gasteiger partial charge >= 0.3 is 5.13 Å². The summed E-state index contributed by atoms with van der Waals surface area (Å²) in [6.45, 7) is 15.6. The lowest BCUT2D eigenvalue weighted by Gasteiger charge is -2.26. The number of pyridine rings is 1. The van der Waals surface area contributed by atoms with Crippen LogP contribution in [0.25, 0.3) is 5.13 Å². The smallest absolute Gasteiger partial charge is 0.185 e. The lowest BCUT2D eigenvalue weighted by Crippen LogP contribution is -2.48. The zero-order valence-corrected chi connectivity index (χ0v) is 16.4. The van der Waals surface area contributed by atoms with Gasteiger partial charge in [0.15, 0.2) is 0 Å². The minimum atomic E-state index is 0.0257. The molecule has 22 heavy (non-hydrogen) atoms. The second-order valence-corrected chi connectivity index (χ2v) is 9.51. The highest BCUT2D eigenvalue weighted by Gasteiger charge is 2.33. The van der Waals surface area contributed by atoms with Gasteiger partial charge in [0.05, 0.1) is 12.1 Å². The van der Waals surface area contributed by atoms with Crippen molar-refractivity contribution < 1.29 is 4.57 Å². The van der Waals surface area contributed by atoms with Crippen molar-refractivity contribution in [3.63, 3.8) is 0 Å². The molecule has 0 fully saturated rings. The highest BCUT2D eigenvalue weighted by Crippen LogP contribution is 2.28. The van der Waals surface area contributed by atoms with Crippen LogP contribution in [0, 0.1) is 10.9 Å². The van der Waals surface area contributed by atoms with Gasteiger partial charge in [-0.05, 0) is 48.2 Å². The Morgan fingerprint density at radius 2 is 1.50 bits per heavy atom. The van der Waals surface area contributed by atoms with Crippen molar-refractivity contribution in [3.8, 4) is 5.13 Å². The molecule has 0 atom stereocenters. The maximum absolute atomic E-state index is 5.38. The van der Waals surface area contributed by atoms with E-state index in [1.807, 2.05) is 7.05 Å². The summed E-state index contributed by atoms with van der Waals surface area (Å²) in [4.78, 5) is 0. The number of hydrogen-bond donors (Lipinski definition) is 0. The third-order valence-electron chi connectivity index (χ3n) is 3.62. The predicted molar refractivity (Wildman–Crippen MR) is 95.6 cm³/mol. The zero-order valence-electron chi connectivity index (χ0n) is 14.8. The van der Waals surface area contributed by atoms with Crippen molar-refractivity contribution in [3.05, 3.63) is 33.0 Å². The molecular formula is C17H26N3S2+. The molecule has 120 valence electrons. The molecule has 2 rings (SSSR count). The Hall–Kier alpha value is -1.07. The highest BCUT2D eigenvalue weighted by molar-refractivity contribution is 7.73. The fourth-order valence-electron chi connectivity index (χ4n) is 2.47. The highest BCUT2D eigenvalue weighted by atomic mass is 32.1. The van der Waals surface area contributed by atoms with Gasteiger partial charge in [-0.2, -0.15) is 9.25 Å². The molecule has 0 saturated carbocycles. The first kappa shape index (κ1) is 17.3. The lowest BCUT2D eigenvalue weighted by molar-refractivity contribution is -0.620. The average Bonchev–Trinajstić information content (AvgIpc) is 2.66. The molecule has 0 aliphatic heterocycles. The summed E-state index contributed by atoms with van der Waals surface area (Å²) >= 11 is 6.94. The number of rotatable bonds is 1. The minimum Gasteiger partial charge on any atom is -0.185 e. The van der Waals surface area contributed by atoms with E-state index in [1.54, 1.807) is 16.0 Å². The van der Waals surface area contributed by atoms with E-state index in [0.29, 0.717) is 0 Å². The molecule has 0 spiro atoms. The summed E-state index contributed by atoms with van der Waals surface area (Å²) < 4.78 is 4.87. The normalized spacial score (nSPS) is 12.7. The van der Waals surface area contributed by atoms with Gasteiger partial charge in [-0.3, -0.25) is 0 Å². The third kappa shape index (κ3) is 3.30. The molecule has 0 aliphatic carbocycles. The Bertz CT molecular complexity index is 720. The molecule has 0 radical (unpaired) electrons. The van der Waals surface area contributed by atoms with Crippen LogP contribution in [0.5, 0.6) is 0 Å². The second-order valence-electron chi connectivity index (χ2n) is 7.91. The molecule has 2 heterocycles. The first-order valence-corrected chi connectivity index (χ1v) is 8.76. The van der Waals surface area contributed by atoms with Crippen LogP contribution in [0.4, 0.5) is 0 Å². The Kier molecular flexibility index (Phi) is 4.35. The van der Waals surface area contributed by atoms with Gasteiger partial charge in [0.2, 0.25) is 3.95 Å². The quantitative estimate of drug-likeness (QED) is 0.569. The topological polar surface area (TPSA) is 21.7 Å². The monoisotopic (exact) mass is 336 g/mol. The van der Waals surface area contributed by atoms with Gasteiger partial charge in [0, 0.05) is 10.8 Å². The van der Waals surface area contributed by atoms with Gasteiger partial charge in [-0.1, -0.05) is 41.5 Å². The Morgan fingerprint density at radius 3 is 1.82 bits per heavy atom. The molecule has 0 amide bonds. The van der Waals surface area contributed by atoms with E-state index in [2.05, 4.69) is 70.3 Å². The number of aryl methyl sites for hydroxylation is 2. The van der Waals surface area contributed by atoms with Gasteiger partial charge in [-0.25, -0.2) is 0 Å². The standard InChI is InChI=1S/C17H26N3S2/c1-11-9-12(16(2,3)4)20(13(10-11)17(5,6)7)14-18-19(8)15(21)22-14/h9-10H,1-8H3/q+1. The van der Waals surface area contributed by atoms with Crippen LogP contribution in [-0.2, 0) is 17.9 Å². The van der Waals surface area contributed by atoms with Crippen molar-refractivity contribution in [2.24, 2.45) is 7.05 Å². The molecule has 0 aliphatic rings. The van der Waals surface area contributed by atoms with E-state index in [4.69, 9.17) is 12.2 Å². The maximum Gasteiger partial charge on any atom is 0.414 e. The molecular weight excluding hydrogens is 310 g/mol. The van der Waals surface area contributed by atoms with Crippen LogP contribution in [0.15, 0.2) is 12.1 Å². The minimum absolute atomic E-state index is 0.0257. The number of hydrogen-bond acceptors (Lipinski definition) is 3. The summed E-state index contributed by atoms with van der Waals surface area (Å²) in [7, 11) is 1.91. The number of nitrogens with zero attached hydrogens (tertiary/aromatic N) is 3. The molecule has 0 aromatic carbocycles. The van der Waals surface area contributed by atoms with Crippen LogP contribution in [0.3, 0.4) is 0 Å². The predicted octanol–water partition coefficient (Wildman–Crippen LogP) is 4.39. The molecule has 0 unspecified atom stereocenters. The summed E-state index contributed by atoms with van der Waals surface area (Å²) in [6, 6.07) is 4.53. The summed E-state index contributed by atoms with van der Waals surface area (Å²) in [5.41, 5.74) is 3.87. The molecule has 2 aromatic heterocycles. The van der Waals surface area contributed by atoms with Crippen LogP contribution in [0.1, 0.15) is 58.5 Å². The van der Waals surface area contributed by atoms with Crippen LogP contribution < -0.4 is 4.57 Å².